The Bertz CT molecular complexity index is 860. The highest BCUT2D eigenvalue weighted by molar-refractivity contribution is 7.99. The fourth-order valence-electron chi connectivity index (χ4n) is 4.01. The first kappa shape index (κ1) is 15.6. The Labute approximate surface area is 153 Å². The number of thiophene rings is 1. The Morgan fingerprint density at radius 3 is 3.16 bits per heavy atom. The Balaban J connectivity index is 1.70. The first-order chi connectivity index (χ1) is 12.1. The van der Waals surface area contributed by atoms with Gasteiger partial charge in [0.1, 0.15) is 11.2 Å². The summed E-state index contributed by atoms with van der Waals surface area (Å²) in [4.78, 5) is 12.7. The summed E-state index contributed by atoms with van der Waals surface area (Å²) >= 11 is 3.19. The van der Waals surface area contributed by atoms with Crippen molar-refractivity contribution < 1.29 is 4.79 Å². The number of rotatable bonds is 3. The summed E-state index contributed by atoms with van der Waals surface area (Å²) in [5, 5.41) is 16.2. The number of primary amides is 1. The zero-order valence-electron chi connectivity index (χ0n) is 13.8. The number of aromatic nitrogens is 3. The molecule has 1 aliphatic carbocycles. The molecule has 8 nitrogen and oxygen atoms in total. The number of nitrogens with two attached hydrogens (primary N) is 1. The number of thioether (sulfide) groups is 1. The monoisotopic (exact) mass is 377 g/mol. The number of hydrogen-bond acceptors (Lipinski definition) is 8. The van der Waals surface area contributed by atoms with Gasteiger partial charge in [-0.2, -0.15) is 0 Å². The number of hydrogen-bond donors (Lipinski definition) is 3. The van der Waals surface area contributed by atoms with Crippen LogP contribution in [0.15, 0.2) is 5.16 Å². The van der Waals surface area contributed by atoms with E-state index in [9.17, 15) is 4.79 Å². The highest BCUT2D eigenvalue weighted by atomic mass is 32.2. The molecular weight excluding hydrogens is 358 g/mol. The molecule has 2 aromatic heterocycles. The molecule has 132 valence electrons. The molecule has 0 spiro atoms. The summed E-state index contributed by atoms with van der Waals surface area (Å²) < 4.78 is 2.08. The molecule has 10 heteroatoms. The van der Waals surface area contributed by atoms with Crippen molar-refractivity contribution in [3.8, 4) is 5.00 Å². The van der Waals surface area contributed by atoms with Crippen molar-refractivity contribution in [3.05, 3.63) is 16.0 Å². The van der Waals surface area contributed by atoms with Crippen molar-refractivity contribution in [2.45, 2.75) is 43.4 Å². The van der Waals surface area contributed by atoms with Gasteiger partial charge in [0, 0.05) is 10.4 Å². The second-order valence-corrected chi connectivity index (χ2v) is 8.66. The second-order valence-electron chi connectivity index (χ2n) is 6.64. The maximum absolute atomic E-state index is 11.2. The van der Waals surface area contributed by atoms with Crippen LogP contribution in [0.5, 0.6) is 0 Å². The van der Waals surface area contributed by atoms with Crippen molar-refractivity contribution >= 4 is 35.0 Å². The highest BCUT2D eigenvalue weighted by Crippen LogP contribution is 2.50. The number of fused-ring (bicyclic) bond motifs is 8. The van der Waals surface area contributed by atoms with Crippen LogP contribution in [-0.4, -0.2) is 33.1 Å². The van der Waals surface area contributed by atoms with Crippen LogP contribution in [0.1, 0.15) is 47.9 Å². The highest BCUT2D eigenvalue weighted by Gasteiger charge is 2.42. The number of carbonyl (C=O) groups is 1. The standard InChI is InChI=1S/C15H19N7OS2/c1-7-3-2-4-8-10(7)11-12-17-6-18-22(12)14-19-20-15(24-5-9(16)23)21(14)13(11)25-8/h7,12,17-18H,2-6H2,1H3,(H2,16,23)/t7-,12?/m1/s1. The molecule has 25 heavy (non-hydrogen) atoms. The summed E-state index contributed by atoms with van der Waals surface area (Å²) in [7, 11) is 0. The van der Waals surface area contributed by atoms with E-state index >= 15 is 0 Å². The minimum absolute atomic E-state index is 0.0845. The fourth-order valence-corrected chi connectivity index (χ4v) is 6.24. The van der Waals surface area contributed by atoms with Crippen LogP contribution in [0.3, 0.4) is 0 Å². The minimum Gasteiger partial charge on any atom is -0.369 e. The fraction of sp³-hybridized carbons (Fsp3) is 0.533. The van der Waals surface area contributed by atoms with Crippen molar-refractivity contribution in [3.63, 3.8) is 0 Å². The first-order valence-electron chi connectivity index (χ1n) is 8.43. The molecule has 1 unspecified atom stereocenters. The van der Waals surface area contributed by atoms with E-state index in [-0.39, 0.29) is 17.8 Å². The molecule has 1 saturated heterocycles. The molecule has 1 fully saturated rings. The average molecular weight is 377 g/mol. The lowest BCUT2D eigenvalue weighted by molar-refractivity contribution is -0.115. The molecule has 1 amide bonds. The van der Waals surface area contributed by atoms with Gasteiger partial charge >= 0.3 is 0 Å². The maximum atomic E-state index is 11.2. The molecule has 3 aliphatic rings. The summed E-state index contributed by atoms with van der Waals surface area (Å²) in [6.07, 6.45) is 3.69. The zero-order chi connectivity index (χ0) is 17.1. The molecule has 0 radical (unpaired) electrons. The third-order valence-electron chi connectivity index (χ3n) is 5.03. The van der Waals surface area contributed by atoms with Gasteiger partial charge in [-0.3, -0.25) is 15.1 Å². The number of carbonyl (C=O) groups excluding carboxylic acids is 1. The second kappa shape index (κ2) is 5.70. The Hall–Kier alpha value is -1.62. The van der Waals surface area contributed by atoms with E-state index in [4.69, 9.17) is 5.73 Å². The number of hydrazine groups is 1. The van der Waals surface area contributed by atoms with E-state index in [2.05, 4.69) is 37.4 Å². The lowest BCUT2D eigenvalue weighted by atomic mass is 9.85. The summed E-state index contributed by atoms with van der Waals surface area (Å²) in [6, 6.07) is 0. The van der Waals surface area contributed by atoms with Crippen LogP contribution in [0.25, 0.3) is 5.00 Å². The summed E-state index contributed by atoms with van der Waals surface area (Å²) in [6.45, 7) is 3.02. The lowest BCUT2D eigenvalue weighted by Gasteiger charge is -2.32. The van der Waals surface area contributed by atoms with Crippen LogP contribution in [0.4, 0.5) is 5.95 Å². The number of nitrogens with one attached hydrogen (secondary N) is 2. The predicted molar refractivity (Wildman–Crippen MR) is 96.9 cm³/mol. The molecular formula is C15H19N7OS2. The molecule has 0 bridgehead atoms. The zero-order valence-corrected chi connectivity index (χ0v) is 15.4. The maximum Gasteiger partial charge on any atom is 0.249 e. The average Bonchev–Trinajstić information content (AvgIpc) is 3.28. The summed E-state index contributed by atoms with van der Waals surface area (Å²) in [5.74, 6) is 1.18. The number of amides is 1. The van der Waals surface area contributed by atoms with Crippen LogP contribution in [0.2, 0.25) is 0 Å². The largest absolute Gasteiger partial charge is 0.369 e. The smallest absolute Gasteiger partial charge is 0.249 e. The van der Waals surface area contributed by atoms with E-state index in [1.807, 2.05) is 11.3 Å². The van der Waals surface area contributed by atoms with E-state index in [0.717, 1.165) is 12.4 Å². The quantitative estimate of drug-likeness (QED) is 0.692. The molecule has 4 N–H and O–H groups in total. The van der Waals surface area contributed by atoms with Crippen LogP contribution in [0, 0.1) is 0 Å². The molecule has 5 rings (SSSR count). The van der Waals surface area contributed by atoms with Crippen LogP contribution < -0.4 is 21.5 Å². The Morgan fingerprint density at radius 1 is 1.44 bits per heavy atom. The van der Waals surface area contributed by atoms with Gasteiger partial charge < -0.3 is 5.73 Å². The molecule has 2 aliphatic heterocycles. The van der Waals surface area contributed by atoms with Crippen molar-refractivity contribution in [2.75, 3.05) is 17.4 Å². The van der Waals surface area contributed by atoms with Gasteiger partial charge in [0.2, 0.25) is 11.9 Å². The van der Waals surface area contributed by atoms with E-state index in [1.54, 1.807) is 0 Å². The molecule has 4 heterocycles. The van der Waals surface area contributed by atoms with Gasteiger partial charge in [0.05, 0.1) is 12.4 Å². The number of anilines is 1. The van der Waals surface area contributed by atoms with Gasteiger partial charge in [0.15, 0.2) is 5.16 Å². The van der Waals surface area contributed by atoms with E-state index in [1.165, 1.54) is 45.6 Å². The first-order valence-corrected chi connectivity index (χ1v) is 10.2. The third kappa shape index (κ3) is 2.24. The van der Waals surface area contributed by atoms with E-state index in [0.29, 0.717) is 17.7 Å². The minimum atomic E-state index is -0.351. The van der Waals surface area contributed by atoms with Gasteiger partial charge in [-0.1, -0.05) is 18.7 Å². The topological polar surface area (TPSA) is 101 Å². The molecule has 0 saturated carbocycles. The van der Waals surface area contributed by atoms with Crippen molar-refractivity contribution in [2.24, 2.45) is 5.73 Å². The summed E-state index contributed by atoms with van der Waals surface area (Å²) in [5.41, 5.74) is 11.5. The number of aryl methyl sites for hydroxylation is 1. The van der Waals surface area contributed by atoms with Crippen molar-refractivity contribution in [1.29, 1.82) is 0 Å². The van der Waals surface area contributed by atoms with Gasteiger partial charge in [-0.05, 0) is 30.7 Å². The molecule has 2 aromatic rings. The predicted octanol–water partition coefficient (Wildman–Crippen LogP) is 1.23. The van der Waals surface area contributed by atoms with E-state index < -0.39 is 0 Å². The van der Waals surface area contributed by atoms with Gasteiger partial charge in [-0.25, -0.2) is 9.99 Å². The third-order valence-corrected chi connectivity index (χ3v) is 7.25. The Kier molecular flexibility index (Phi) is 3.56. The molecule has 0 aromatic carbocycles. The van der Waals surface area contributed by atoms with Gasteiger partial charge in [0.25, 0.3) is 0 Å². The van der Waals surface area contributed by atoms with Crippen LogP contribution in [-0.2, 0) is 11.2 Å². The molecule has 2 atom stereocenters. The van der Waals surface area contributed by atoms with Crippen LogP contribution >= 0.6 is 23.1 Å². The van der Waals surface area contributed by atoms with Crippen molar-refractivity contribution in [1.82, 2.24) is 25.5 Å². The Morgan fingerprint density at radius 2 is 2.32 bits per heavy atom. The number of nitrogens with zero attached hydrogens (tertiary/aromatic N) is 4. The van der Waals surface area contributed by atoms with Gasteiger partial charge in [-0.15, -0.1) is 21.5 Å². The SMILES string of the molecule is C[C@@H]1CCCc2sc3c(c21)C1NCNN1c1nnc(SCC(N)=O)n1-3. The lowest BCUT2D eigenvalue weighted by Crippen LogP contribution is -2.39. The normalized spacial score (nSPS) is 23.8.